The Morgan fingerprint density at radius 1 is 1.07 bits per heavy atom. The van der Waals surface area contributed by atoms with Gasteiger partial charge >= 0.3 is 6.18 Å². The second kappa shape index (κ2) is 8.11. The molecule has 2 aromatic carbocycles. The zero-order chi connectivity index (χ0) is 21.2. The van der Waals surface area contributed by atoms with E-state index in [9.17, 15) is 26.4 Å². The maximum atomic E-state index is 12.6. The van der Waals surface area contributed by atoms with E-state index in [-0.39, 0.29) is 16.1 Å². The number of sulfonamides is 1. The van der Waals surface area contributed by atoms with Gasteiger partial charge in [-0.05, 0) is 40.2 Å². The second-order valence-electron chi connectivity index (χ2n) is 5.90. The molecule has 0 bridgehead atoms. The van der Waals surface area contributed by atoms with Crippen LogP contribution < -0.4 is 19.5 Å². The lowest BCUT2D eigenvalue weighted by Gasteiger charge is -2.20. The van der Waals surface area contributed by atoms with E-state index in [1.807, 2.05) is 0 Å². The van der Waals surface area contributed by atoms with E-state index in [0.717, 1.165) is 24.3 Å². The molecule has 7 nitrogen and oxygen atoms in total. The van der Waals surface area contributed by atoms with Crippen molar-refractivity contribution in [1.82, 2.24) is 5.32 Å². The Labute approximate surface area is 172 Å². The highest BCUT2D eigenvalue weighted by atomic mass is 79.9. The quantitative estimate of drug-likeness (QED) is 0.664. The third-order valence-electron chi connectivity index (χ3n) is 3.75. The van der Waals surface area contributed by atoms with Crippen molar-refractivity contribution in [2.24, 2.45) is 0 Å². The highest BCUT2D eigenvalue weighted by molar-refractivity contribution is 9.10. The Bertz CT molecular complexity index is 1030. The van der Waals surface area contributed by atoms with Gasteiger partial charge in [-0.25, -0.2) is 8.42 Å². The molecule has 0 aliphatic carbocycles. The van der Waals surface area contributed by atoms with Gasteiger partial charge in [-0.15, -0.1) is 0 Å². The third kappa shape index (κ3) is 5.32. The van der Waals surface area contributed by atoms with Gasteiger partial charge in [-0.3, -0.25) is 9.52 Å². The molecule has 2 aromatic rings. The first-order valence-corrected chi connectivity index (χ1v) is 10.4. The first kappa shape index (κ1) is 21.2. The number of carbonyl (C=O) groups is 1. The van der Waals surface area contributed by atoms with E-state index in [1.54, 1.807) is 11.4 Å². The minimum atomic E-state index is -4.54. The molecule has 0 saturated carbocycles. The van der Waals surface area contributed by atoms with Gasteiger partial charge in [-0.2, -0.15) is 13.2 Å². The number of alkyl halides is 3. The predicted molar refractivity (Wildman–Crippen MR) is 101 cm³/mol. The van der Waals surface area contributed by atoms with Crippen molar-refractivity contribution in [3.05, 3.63) is 46.4 Å². The molecule has 0 saturated heterocycles. The van der Waals surface area contributed by atoms with Crippen molar-refractivity contribution in [2.45, 2.75) is 11.1 Å². The summed E-state index contributed by atoms with van der Waals surface area (Å²) < 4.78 is 75.4. The van der Waals surface area contributed by atoms with Crippen LogP contribution in [0.1, 0.15) is 10.4 Å². The fraction of sp³-hybridized carbons (Fsp3) is 0.235. The highest BCUT2D eigenvalue weighted by Gasteiger charge is 2.28. The number of fused-ring (bicyclic) bond motifs is 1. The molecule has 1 amide bonds. The van der Waals surface area contributed by atoms with Crippen LogP contribution in [0.25, 0.3) is 0 Å². The molecule has 29 heavy (non-hydrogen) atoms. The SMILES string of the molecule is O=C(NCC(F)(F)F)c1ccc(S(=O)(=O)Nc2cc3c(cc2Br)OCCO3)cc1. The van der Waals surface area contributed by atoms with Gasteiger partial charge in [0.2, 0.25) is 0 Å². The van der Waals surface area contributed by atoms with Crippen molar-refractivity contribution < 1.29 is 35.9 Å². The summed E-state index contributed by atoms with van der Waals surface area (Å²) in [6, 6.07) is 7.53. The molecule has 0 aromatic heterocycles. The van der Waals surface area contributed by atoms with Crippen molar-refractivity contribution in [2.75, 3.05) is 24.5 Å². The maximum absolute atomic E-state index is 12.6. The monoisotopic (exact) mass is 494 g/mol. The molecule has 1 aliphatic rings. The van der Waals surface area contributed by atoms with Crippen LogP contribution in [0.3, 0.4) is 0 Å². The fourth-order valence-corrected chi connectivity index (χ4v) is 4.04. The fourth-order valence-electron chi connectivity index (χ4n) is 2.41. The van der Waals surface area contributed by atoms with Crippen LogP contribution in [-0.2, 0) is 10.0 Å². The Hall–Kier alpha value is -2.47. The number of carbonyl (C=O) groups excluding carboxylic acids is 1. The number of hydrogen-bond donors (Lipinski definition) is 2. The van der Waals surface area contributed by atoms with E-state index in [0.29, 0.717) is 29.2 Å². The van der Waals surface area contributed by atoms with Crippen LogP contribution >= 0.6 is 15.9 Å². The average molecular weight is 495 g/mol. The van der Waals surface area contributed by atoms with Crippen molar-refractivity contribution in [1.29, 1.82) is 0 Å². The minimum Gasteiger partial charge on any atom is -0.486 e. The van der Waals surface area contributed by atoms with Gasteiger partial charge in [-0.1, -0.05) is 0 Å². The molecule has 156 valence electrons. The summed E-state index contributed by atoms with van der Waals surface area (Å²) >= 11 is 3.26. The van der Waals surface area contributed by atoms with Gasteiger partial charge in [0.1, 0.15) is 19.8 Å². The van der Waals surface area contributed by atoms with Gasteiger partial charge < -0.3 is 14.8 Å². The average Bonchev–Trinajstić information content (AvgIpc) is 2.66. The number of benzene rings is 2. The van der Waals surface area contributed by atoms with E-state index in [2.05, 4.69) is 20.7 Å². The van der Waals surface area contributed by atoms with E-state index < -0.39 is 28.7 Å². The molecule has 3 rings (SSSR count). The summed E-state index contributed by atoms with van der Waals surface area (Å²) in [6.45, 7) is -0.766. The zero-order valence-corrected chi connectivity index (χ0v) is 16.9. The molecule has 12 heteroatoms. The molecule has 0 spiro atoms. The van der Waals surface area contributed by atoms with Crippen LogP contribution in [0.15, 0.2) is 45.8 Å². The molecule has 1 aliphatic heterocycles. The Morgan fingerprint density at radius 2 is 1.66 bits per heavy atom. The topological polar surface area (TPSA) is 93.7 Å². The number of nitrogens with one attached hydrogen (secondary N) is 2. The van der Waals surface area contributed by atoms with E-state index >= 15 is 0 Å². The van der Waals surface area contributed by atoms with E-state index in [4.69, 9.17) is 9.47 Å². The number of amides is 1. The largest absolute Gasteiger partial charge is 0.486 e. The molecule has 1 heterocycles. The number of ether oxygens (including phenoxy) is 2. The molecular formula is C17H14BrF3N2O5S. The zero-order valence-electron chi connectivity index (χ0n) is 14.5. The summed E-state index contributed by atoms with van der Waals surface area (Å²) in [4.78, 5) is 11.5. The highest BCUT2D eigenvalue weighted by Crippen LogP contribution is 2.38. The van der Waals surface area contributed by atoms with Gasteiger partial charge in [0.05, 0.1) is 10.6 Å². The Kier molecular flexibility index (Phi) is 5.94. The number of hydrogen-bond acceptors (Lipinski definition) is 5. The first-order valence-electron chi connectivity index (χ1n) is 8.12. The second-order valence-corrected chi connectivity index (χ2v) is 8.44. The molecule has 2 N–H and O–H groups in total. The summed E-state index contributed by atoms with van der Waals surface area (Å²) in [5.74, 6) is -0.108. The number of rotatable bonds is 5. The Balaban J connectivity index is 1.75. The third-order valence-corrected chi connectivity index (χ3v) is 5.79. The summed E-state index contributed by atoms with van der Waals surface area (Å²) in [5, 5.41) is 1.71. The van der Waals surface area contributed by atoms with Crippen molar-refractivity contribution in [3.63, 3.8) is 0 Å². The molecule has 0 atom stereocenters. The van der Waals surface area contributed by atoms with Crippen LogP contribution in [0, 0.1) is 0 Å². The molecule has 0 radical (unpaired) electrons. The minimum absolute atomic E-state index is 0.103. The lowest BCUT2D eigenvalue weighted by molar-refractivity contribution is -0.123. The Morgan fingerprint density at radius 3 is 2.24 bits per heavy atom. The maximum Gasteiger partial charge on any atom is 0.405 e. The lowest BCUT2D eigenvalue weighted by Crippen LogP contribution is -2.33. The van der Waals surface area contributed by atoms with Gasteiger partial charge in [0.15, 0.2) is 11.5 Å². The van der Waals surface area contributed by atoms with Crippen LogP contribution in [0.4, 0.5) is 18.9 Å². The van der Waals surface area contributed by atoms with E-state index in [1.165, 1.54) is 6.07 Å². The van der Waals surface area contributed by atoms with Crippen LogP contribution in [0.2, 0.25) is 0 Å². The van der Waals surface area contributed by atoms with Crippen molar-refractivity contribution >= 4 is 37.5 Å². The standard InChI is InChI=1S/C17H14BrF3N2O5S/c18-12-7-14-15(28-6-5-27-14)8-13(12)23-29(25,26)11-3-1-10(2-4-11)16(24)22-9-17(19,20)21/h1-4,7-8,23H,5-6,9H2,(H,22,24). The van der Waals surface area contributed by atoms with Crippen LogP contribution in [0.5, 0.6) is 11.5 Å². The summed E-state index contributed by atoms with van der Waals surface area (Å²) in [6.07, 6.45) is -4.54. The molecular weight excluding hydrogens is 481 g/mol. The normalized spacial score (nSPS) is 13.7. The first-order chi connectivity index (χ1) is 13.5. The number of anilines is 1. The predicted octanol–water partition coefficient (Wildman–Crippen LogP) is 3.31. The van der Waals surface area contributed by atoms with Crippen LogP contribution in [-0.4, -0.2) is 40.3 Å². The van der Waals surface area contributed by atoms with Crippen molar-refractivity contribution in [3.8, 4) is 11.5 Å². The smallest absolute Gasteiger partial charge is 0.405 e. The van der Waals surface area contributed by atoms with Gasteiger partial charge in [0, 0.05) is 22.2 Å². The summed E-state index contributed by atoms with van der Waals surface area (Å²) in [7, 11) is -4.03. The molecule has 0 unspecified atom stereocenters. The lowest BCUT2D eigenvalue weighted by atomic mass is 10.2. The molecule has 0 fully saturated rings. The summed E-state index contributed by atoms with van der Waals surface area (Å²) in [5.41, 5.74) is 0.106. The number of halogens is 4. The van der Waals surface area contributed by atoms with Gasteiger partial charge in [0.25, 0.3) is 15.9 Å².